The van der Waals surface area contributed by atoms with Crippen molar-refractivity contribution in [3.8, 4) is 0 Å². The van der Waals surface area contributed by atoms with Gasteiger partial charge < -0.3 is 0 Å². The van der Waals surface area contributed by atoms with Gasteiger partial charge in [-0.2, -0.15) is 0 Å². The van der Waals surface area contributed by atoms with Gasteiger partial charge in [0.05, 0.1) is 0 Å². The molecule has 0 radical (unpaired) electrons. The van der Waals surface area contributed by atoms with E-state index in [4.69, 9.17) is 0 Å². The summed E-state index contributed by atoms with van der Waals surface area (Å²) < 4.78 is 1.16. The van der Waals surface area contributed by atoms with Crippen molar-refractivity contribution in [3.63, 3.8) is 0 Å². The van der Waals surface area contributed by atoms with Crippen LogP contribution in [0.15, 0.2) is 0 Å². The van der Waals surface area contributed by atoms with Crippen molar-refractivity contribution in [2.75, 3.05) is 4.43 Å². The first-order valence-electron chi connectivity index (χ1n) is 4.07. The number of ketones is 1. The zero-order valence-electron chi connectivity index (χ0n) is 7.61. The van der Waals surface area contributed by atoms with E-state index in [0.29, 0.717) is 5.78 Å². The Morgan fingerprint density at radius 1 is 1.27 bits per heavy atom. The summed E-state index contributed by atoms with van der Waals surface area (Å²) in [7, 11) is 0. The summed E-state index contributed by atoms with van der Waals surface area (Å²) in [4.78, 5) is 11.3. The molecule has 0 bridgehead atoms. The molecule has 11 heavy (non-hydrogen) atoms. The molecule has 0 aromatic rings. The van der Waals surface area contributed by atoms with Gasteiger partial charge in [-0.05, 0) is 17.3 Å². The second-order valence-corrected chi connectivity index (χ2v) is 4.90. The van der Waals surface area contributed by atoms with Gasteiger partial charge in [0.1, 0.15) is 5.78 Å². The number of hydrogen-bond donors (Lipinski definition) is 0. The van der Waals surface area contributed by atoms with Crippen molar-refractivity contribution in [2.45, 2.75) is 40.0 Å². The van der Waals surface area contributed by atoms with E-state index in [0.717, 1.165) is 17.3 Å². The van der Waals surface area contributed by atoms with Crippen molar-refractivity contribution < 1.29 is 4.79 Å². The van der Waals surface area contributed by atoms with Crippen LogP contribution < -0.4 is 0 Å². The molecule has 0 aliphatic carbocycles. The van der Waals surface area contributed by atoms with E-state index in [-0.39, 0.29) is 5.41 Å². The standard InChI is InChI=1S/C9H17IO/c1-9(2,3)8(11)6-4-5-7-10/h4-7H2,1-3H3. The normalized spacial score (nSPS) is 11.6. The zero-order chi connectivity index (χ0) is 8.91. The molecule has 0 unspecified atom stereocenters. The first-order valence-corrected chi connectivity index (χ1v) is 5.60. The largest absolute Gasteiger partial charge is 0.299 e. The number of unbranched alkanes of at least 4 members (excludes halogenated alkanes) is 1. The molecule has 0 saturated heterocycles. The summed E-state index contributed by atoms with van der Waals surface area (Å²) in [6.45, 7) is 5.96. The molecule has 0 aromatic carbocycles. The van der Waals surface area contributed by atoms with Crippen LogP contribution in [0.2, 0.25) is 0 Å². The minimum Gasteiger partial charge on any atom is -0.299 e. The van der Waals surface area contributed by atoms with Crippen LogP contribution in [0.5, 0.6) is 0 Å². The van der Waals surface area contributed by atoms with Crippen LogP contribution in [-0.4, -0.2) is 10.2 Å². The molecule has 0 saturated carbocycles. The monoisotopic (exact) mass is 268 g/mol. The molecule has 0 aliphatic heterocycles. The Bertz CT molecular complexity index is 124. The van der Waals surface area contributed by atoms with Gasteiger partial charge in [-0.3, -0.25) is 4.79 Å². The Hall–Kier alpha value is 0.400. The Morgan fingerprint density at radius 3 is 2.18 bits per heavy atom. The zero-order valence-corrected chi connectivity index (χ0v) is 9.77. The van der Waals surface area contributed by atoms with Crippen molar-refractivity contribution in [3.05, 3.63) is 0 Å². The SMILES string of the molecule is CC(C)(C)C(=O)CCCCI. The number of hydrogen-bond acceptors (Lipinski definition) is 1. The fourth-order valence-electron chi connectivity index (χ4n) is 0.755. The van der Waals surface area contributed by atoms with E-state index in [1.54, 1.807) is 0 Å². The van der Waals surface area contributed by atoms with Crippen molar-refractivity contribution >= 4 is 28.4 Å². The van der Waals surface area contributed by atoms with Gasteiger partial charge in [0.25, 0.3) is 0 Å². The van der Waals surface area contributed by atoms with E-state index in [1.807, 2.05) is 20.8 Å². The Kier molecular flexibility index (Phi) is 5.30. The lowest BCUT2D eigenvalue weighted by Gasteiger charge is -2.15. The lowest BCUT2D eigenvalue weighted by molar-refractivity contribution is -0.126. The molecule has 0 amide bonds. The lowest BCUT2D eigenvalue weighted by Crippen LogP contribution is -2.19. The van der Waals surface area contributed by atoms with Gasteiger partial charge >= 0.3 is 0 Å². The average molecular weight is 268 g/mol. The molecule has 0 fully saturated rings. The highest BCUT2D eigenvalue weighted by Crippen LogP contribution is 2.18. The topological polar surface area (TPSA) is 17.1 Å². The third-order valence-electron chi connectivity index (χ3n) is 1.62. The summed E-state index contributed by atoms with van der Waals surface area (Å²) in [5.74, 6) is 0.391. The van der Waals surface area contributed by atoms with Gasteiger partial charge in [0.2, 0.25) is 0 Å². The summed E-state index contributed by atoms with van der Waals surface area (Å²) in [6.07, 6.45) is 2.98. The predicted octanol–water partition coefficient (Wildman–Crippen LogP) is 3.21. The minimum atomic E-state index is -0.134. The fourth-order valence-corrected chi connectivity index (χ4v) is 1.29. The maximum absolute atomic E-state index is 11.3. The van der Waals surface area contributed by atoms with Crippen molar-refractivity contribution in [2.24, 2.45) is 5.41 Å². The van der Waals surface area contributed by atoms with Crippen LogP contribution in [0.3, 0.4) is 0 Å². The molecule has 0 atom stereocenters. The molecule has 0 rings (SSSR count). The van der Waals surface area contributed by atoms with Crippen molar-refractivity contribution in [1.29, 1.82) is 0 Å². The maximum atomic E-state index is 11.3. The molecule has 1 nitrogen and oxygen atoms in total. The van der Waals surface area contributed by atoms with Crippen molar-refractivity contribution in [1.82, 2.24) is 0 Å². The third kappa shape index (κ3) is 5.65. The van der Waals surface area contributed by atoms with E-state index in [9.17, 15) is 4.79 Å². The minimum absolute atomic E-state index is 0.134. The molecule has 0 heterocycles. The first kappa shape index (κ1) is 11.4. The van der Waals surface area contributed by atoms with Crippen LogP contribution in [0.25, 0.3) is 0 Å². The Balaban J connectivity index is 3.54. The van der Waals surface area contributed by atoms with E-state index >= 15 is 0 Å². The number of carbonyl (C=O) groups is 1. The van der Waals surface area contributed by atoms with Gasteiger partial charge in [-0.25, -0.2) is 0 Å². The summed E-state index contributed by atoms with van der Waals surface area (Å²) in [5.41, 5.74) is -0.134. The fraction of sp³-hybridized carbons (Fsp3) is 0.889. The molecule has 0 spiro atoms. The molecule has 2 heteroatoms. The number of alkyl halides is 1. The number of halogens is 1. The number of rotatable bonds is 4. The van der Waals surface area contributed by atoms with Crippen LogP contribution in [0.1, 0.15) is 40.0 Å². The summed E-state index contributed by atoms with van der Waals surface area (Å²) >= 11 is 2.34. The van der Waals surface area contributed by atoms with Gasteiger partial charge in [0, 0.05) is 11.8 Å². The Morgan fingerprint density at radius 2 is 1.82 bits per heavy atom. The van der Waals surface area contributed by atoms with Crippen LogP contribution in [0, 0.1) is 5.41 Å². The second kappa shape index (κ2) is 5.12. The highest BCUT2D eigenvalue weighted by molar-refractivity contribution is 14.1. The van der Waals surface area contributed by atoms with Crippen LogP contribution >= 0.6 is 22.6 Å². The third-order valence-corrected chi connectivity index (χ3v) is 2.39. The quantitative estimate of drug-likeness (QED) is 0.434. The Labute approximate surface area is 83.1 Å². The highest BCUT2D eigenvalue weighted by Gasteiger charge is 2.19. The second-order valence-electron chi connectivity index (χ2n) is 3.82. The summed E-state index contributed by atoms with van der Waals surface area (Å²) in [5, 5.41) is 0. The first-order chi connectivity index (χ1) is 4.98. The van der Waals surface area contributed by atoms with E-state index in [2.05, 4.69) is 22.6 Å². The molecule has 0 aliphatic rings. The molecule has 0 N–H and O–H groups in total. The number of carbonyl (C=O) groups excluding carboxylic acids is 1. The van der Waals surface area contributed by atoms with E-state index < -0.39 is 0 Å². The molecule has 66 valence electrons. The van der Waals surface area contributed by atoms with Gasteiger partial charge in [-0.1, -0.05) is 43.4 Å². The van der Waals surface area contributed by atoms with Gasteiger partial charge in [-0.15, -0.1) is 0 Å². The summed E-state index contributed by atoms with van der Waals surface area (Å²) in [6, 6.07) is 0. The number of Topliss-reactive ketones (excluding diaryl/α,β-unsaturated/α-hetero) is 1. The predicted molar refractivity (Wildman–Crippen MR) is 57.2 cm³/mol. The van der Waals surface area contributed by atoms with Crippen LogP contribution in [0.4, 0.5) is 0 Å². The average Bonchev–Trinajstić information content (AvgIpc) is 1.86. The molecular formula is C9H17IO. The van der Waals surface area contributed by atoms with E-state index in [1.165, 1.54) is 6.42 Å². The smallest absolute Gasteiger partial charge is 0.138 e. The molecular weight excluding hydrogens is 251 g/mol. The lowest BCUT2D eigenvalue weighted by atomic mass is 9.88. The molecule has 0 aromatic heterocycles. The maximum Gasteiger partial charge on any atom is 0.138 e. The van der Waals surface area contributed by atoms with Crippen LogP contribution in [-0.2, 0) is 4.79 Å². The highest BCUT2D eigenvalue weighted by atomic mass is 127. The van der Waals surface area contributed by atoms with Gasteiger partial charge in [0.15, 0.2) is 0 Å².